The van der Waals surface area contributed by atoms with Crippen molar-refractivity contribution in [1.82, 2.24) is 4.90 Å². The third-order valence-corrected chi connectivity index (χ3v) is 2.69. The maximum absolute atomic E-state index is 10.8. The van der Waals surface area contributed by atoms with E-state index in [1.807, 2.05) is 30.1 Å². The van der Waals surface area contributed by atoms with Crippen LogP contribution in [0.3, 0.4) is 0 Å². The smallest absolute Gasteiger partial charge is 0.231 e. The number of carbonyl (C=O) groups is 1. The minimum atomic E-state index is -0.327. The summed E-state index contributed by atoms with van der Waals surface area (Å²) in [6.45, 7) is 2.26. The van der Waals surface area contributed by atoms with Gasteiger partial charge >= 0.3 is 0 Å². The Morgan fingerprint density at radius 1 is 1.33 bits per heavy atom. The fraction of sp³-hybridized carbons (Fsp3) is 0.462. The quantitative estimate of drug-likeness (QED) is 0.857. The molecule has 0 fully saturated rings. The molecule has 1 heterocycles. The fourth-order valence-electron chi connectivity index (χ4n) is 1.94. The molecule has 1 aromatic rings. The standard InChI is InChI=1S/C13H18N2O3/c1-15(9-13(14)16)8-10-3-4-11-12(7-10)18-6-2-5-17-11/h3-4,7H,2,5-6,8-9H2,1H3,(H2,14,16). The molecule has 1 aromatic carbocycles. The molecule has 18 heavy (non-hydrogen) atoms. The number of nitrogens with zero attached hydrogens (tertiary/aromatic N) is 1. The zero-order valence-electron chi connectivity index (χ0n) is 10.5. The van der Waals surface area contributed by atoms with Crippen molar-refractivity contribution in [2.75, 3.05) is 26.8 Å². The summed E-state index contributed by atoms with van der Waals surface area (Å²) in [4.78, 5) is 12.7. The van der Waals surface area contributed by atoms with E-state index in [1.165, 1.54) is 0 Å². The molecule has 2 rings (SSSR count). The molecule has 0 aliphatic carbocycles. The van der Waals surface area contributed by atoms with Gasteiger partial charge in [-0.2, -0.15) is 0 Å². The number of fused-ring (bicyclic) bond motifs is 1. The van der Waals surface area contributed by atoms with Gasteiger partial charge < -0.3 is 15.2 Å². The summed E-state index contributed by atoms with van der Waals surface area (Å²) < 4.78 is 11.2. The van der Waals surface area contributed by atoms with Crippen LogP contribution in [0.5, 0.6) is 11.5 Å². The maximum Gasteiger partial charge on any atom is 0.231 e. The Morgan fingerprint density at radius 3 is 2.78 bits per heavy atom. The number of carbonyl (C=O) groups excluding carboxylic acids is 1. The van der Waals surface area contributed by atoms with Crippen molar-refractivity contribution in [3.05, 3.63) is 23.8 Å². The molecule has 0 saturated carbocycles. The molecule has 1 aliphatic heterocycles. The number of hydrogen-bond donors (Lipinski definition) is 1. The van der Waals surface area contributed by atoms with Crippen molar-refractivity contribution < 1.29 is 14.3 Å². The van der Waals surface area contributed by atoms with Gasteiger partial charge in [0.05, 0.1) is 19.8 Å². The first-order chi connectivity index (χ1) is 8.65. The Morgan fingerprint density at radius 2 is 2.06 bits per heavy atom. The molecule has 0 spiro atoms. The maximum atomic E-state index is 10.8. The molecule has 0 unspecified atom stereocenters. The Labute approximate surface area is 106 Å². The van der Waals surface area contributed by atoms with Gasteiger partial charge in [-0.25, -0.2) is 0 Å². The lowest BCUT2D eigenvalue weighted by atomic mass is 10.2. The number of benzene rings is 1. The molecule has 0 atom stereocenters. The van der Waals surface area contributed by atoms with Crippen LogP contribution in [-0.2, 0) is 11.3 Å². The van der Waals surface area contributed by atoms with E-state index in [2.05, 4.69) is 0 Å². The summed E-state index contributed by atoms with van der Waals surface area (Å²) in [7, 11) is 1.85. The molecular weight excluding hydrogens is 232 g/mol. The lowest BCUT2D eigenvalue weighted by Gasteiger charge is -2.15. The third kappa shape index (κ3) is 3.37. The second-order valence-electron chi connectivity index (χ2n) is 4.47. The number of amides is 1. The lowest BCUT2D eigenvalue weighted by molar-refractivity contribution is -0.118. The van der Waals surface area contributed by atoms with E-state index < -0.39 is 0 Å². The third-order valence-electron chi connectivity index (χ3n) is 2.69. The summed E-state index contributed by atoms with van der Waals surface area (Å²) in [5.74, 6) is 1.23. The second kappa shape index (κ2) is 5.73. The van der Waals surface area contributed by atoms with Crippen LogP contribution in [0.1, 0.15) is 12.0 Å². The SMILES string of the molecule is CN(CC(N)=O)Cc1ccc2c(c1)OCCCO2. The highest BCUT2D eigenvalue weighted by Gasteiger charge is 2.11. The largest absolute Gasteiger partial charge is 0.490 e. The number of nitrogens with two attached hydrogens (primary N) is 1. The summed E-state index contributed by atoms with van der Waals surface area (Å²) in [5.41, 5.74) is 6.23. The summed E-state index contributed by atoms with van der Waals surface area (Å²) >= 11 is 0. The van der Waals surface area contributed by atoms with E-state index >= 15 is 0 Å². The van der Waals surface area contributed by atoms with E-state index in [0.29, 0.717) is 19.8 Å². The summed E-state index contributed by atoms with van der Waals surface area (Å²) in [6, 6.07) is 5.84. The zero-order valence-corrected chi connectivity index (χ0v) is 10.5. The normalized spacial score (nSPS) is 14.3. The van der Waals surface area contributed by atoms with Crippen molar-refractivity contribution in [3.63, 3.8) is 0 Å². The Bertz CT molecular complexity index is 434. The molecule has 2 N–H and O–H groups in total. The molecule has 1 aliphatic rings. The molecule has 0 saturated heterocycles. The van der Waals surface area contributed by atoms with Crippen molar-refractivity contribution in [3.8, 4) is 11.5 Å². The van der Waals surface area contributed by atoms with Gasteiger partial charge in [0.25, 0.3) is 0 Å². The van der Waals surface area contributed by atoms with Gasteiger partial charge in [0.1, 0.15) is 0 Å². The Balaban J connectivity index is 2.06. The van der Waals surface area contributed by atoms with E-state index in [-0.39, 0.29) is 12.5 Å². The Hall–Kier alpha value is -1.75. The van der Waals surface area contributed by atoms with E-state index in [9.17, 15) is 4.79 Å². The monoisotopic (exact) mass is 250 g/mol. The first-order valence-electron chi connectivity index (χ1n) is 6.00. The lowest BCUT2D eigenvalue weighted by Crippen LogP contribution is -2.30. The predicted octanol–water partition coefficient (Wildman–Crippen LogP) is 0.765. The van der Waals surface area contributed by atoms with Gasteiger partial charge in [-0.3, -0.25) is 9.69 Å². The van der Waals surface area contributed by atoms with Gasteiger partial charge in [-0.1, -0.05) is 6.07 Å². The van der Waals surface area contributed by atoms with Crippen LogP contribution in [-0.4, -0.2) is 37.6 Å². The molecule has 1 amide bonds. The van der Waals surface area contributed by atoms with Crippen LogP contribution in [0.2, 0.25) is 0 Å². The Kier molecular flexibility index (Phi) is 4.04. The highest BCUT2D eigenvalue weighted by atomic mass is 16.5. The molecule has 98 valence electrons. The number of likely N-dealkylation sites (N-methyl/N-ethyl adjacent to an activating group) is 1. The minimum Gasteiger partial charge on any atom is -0.490 e. The van der Waals surface area contributed by atoms with Crippen LogP contribution in [0.25, 0.3) is 0 Å². The van der Waals surface area contributed by atoms with Crippen LogP contribution >= 0.6 is 0 Å². The topological polar surface area (TPSA) is 64.8 Å². The molecule has 0 aromatic heterocycles. The van der Waals surface area contributed by atoms with Crippen molar-refractivity contribution >= 4 is 5.91 Å². The summed E-state index contributed by atoms with van der Waals surface area (Å²) in [5, 5.41) is 0. The van der Waals surface area contributed by atoms with Gasteiger partial charge in [-0.15, -0.1) is 0 Å². The number of primary amides is 1. The molecule has 5 nitrogen and oxygen atoms in total. The van der Waals surface area contributed by atoms with Gasteiger partial charge in [0.15, 0.2) is 11.5 Å². The van der Waals surface area contributed by atoms with Crippen molar-refractivity contribution in [1.29, 1.82) is 0 Å². The van der Waals surface area contributed by atoms with E-state index in [4.69, 9.17) is 15.2 Å². The van der Waals surface area contributed by atoms with Crippen molar-refractivity contribution in [2.24, 2.45) is 5.73 Å². The van der Waals surface area contributed by atoms with Gasteiger partial charge in [0.2, 0.25) is 5.91 Å². The average molecular weight is 250 g/mol. The van der Waals surface area contributed by atoms with E-state index in [0.717, 1.165) is 23.5 Å². The van der Waals surface area contributed by atoms with Crippen LogP contribution in [0, 0.1) is 0 Å². The molecule has 5 heteroatoms. The van der Waals surface area contributed by atoms with Crippen molar-refractivity contribution in [2.45, 2.75) is 13.0 Å². The highest BCUT2D eigenvalue weighted by Crippen LogP contribution is 2.30. The average Bonchev–Trinajstić information content (AvgIpc) is 2.52. The molecule has 0 radical (unpaired) electrons. The second-order valence-corrected chi connectivity index (χ2v) is 4.47. The molecule has 0 bridgehead atoms. The zero-order chi connectivity index (χ0) is 13.0. The number of hydrogen-bond acceptors (Lipinski definition) is 4. The minimum absolute atomic E-state index is 0.244. The van der Waals surface area contributed by atoms with Gasteiger partial charge in [0, 0.05) is 13.0 Å². The fourth-order valence-corrected chi connectivity index (χ4v) is 1.94. The number of rotatable bonds is 4. The predicted molar refractivity (Wildman–Crippen MR) is 67.6 cm³/mol. The molecular formula is C13H18N2O3. The van der Waals surface area contributed by atoms with Crippen LogP contribution in [0.15, 0.2) is 18.2 Å². The number of ether oxygens (including phenoxy) is 2. The first-order valence-corrected chi connectivity index (χ1v) is 6.00. The van der Waals surface area contributed by atoms with Gasteiger partial charge in [-0.05, 0) is 24.7 Å². The van der Waals surface area contributed by atoms with Crippen LogP contribution < -0.4 is 15.2 Å². The summed E-state index contributed by atoms with van der Waals surface area (Å²) in [6.07, 6.45) is 0.894. The van der Waals surface area contributed by atoms with Crippen LogP contribution in [0.4, 0.5) is 0 Å². The highest BCUT2D eigenvalue weighted by molar-refractivity contribution is 5.75. The first kappa shape index (κ1) is 12.7. The van der Waals surface area contributed by atoms with E-state index in [1.54, 1.807) is 0 Å².